The molecule has 2 rings (SSSR count). The quantitative estimate of drug-likeness (QED) is 0.569. The number of aromatic nitrogens is 1. The van der Waals surface area contributed by atoms with E-state index < -0.39 is 0 Å². The summed E-state index contributed by atoms with van der Waals surface area (Å²) >= 11 is 6.54. The molecule has 0 spiro atoms. The molecule has 1 amide bonds. The van der Waals surface area contributed by atoms with E-state index in [4.69, 9.17) is 17.0 Å². The Bertz CT molecular complexity index is 799. The lowest BCUT2D eigenvalue weighted by molar-refractivity contribution is -0.119. The lowest BCUT2D eigenvalue weighted by Crippen LogP contribution is -2.22. The maximum absolute atomic E-state index is 11.6. The van der Waals surface area contributed by atoms with Crippen LogP contribution in [0, 0.1) is 0 Å². The number of H-pyrrole nitrogens is 1. The topological polar surface area (TPSA) is 71.2 Å². The molecule has 1 aromatic carbocycles. The lowest BCUT2D eigenvalue weighted by Gasteiger charge is -2.11. The van der Waals surface area contributed by atoms with Gasteiger partial charge in [-0.1, -0.05) is 18.7 Å². The minimum Gasteiger partial charge on any atom is -0.483 e. The molecule has 1 aromatic heterocycles. The molecular formula is C18H22N2O3S2. The zero-order chi connectivity index (χ0) is 18.4. The van der Waals surface area contributed by atoms with Crippen molar-refractivity contribution < 1.29 is 14.3 Å². The summed E-state index contributed by atoms with van der Waals surface area (Å²) in [6.07, 6.45) is 3.50. The molecule has 134 valence electrons. The molecule has 0 saturated carbocycles. The number of fused-ring (bicyclic) bond motifs is 1. The van der Waals surface area contributed by atoms with Gasteiger partial charge in [0.2, 0.25) is 5.91 Å². The number of thiocarbonyl (C=S) groups is 1. The van der Waals surface area contributed by atoms with Crippen LogP contribution < -0.4 is 5.32 Å². The number of rotatable bonds is 7. The highest BCUT2D eigenvalue weighted by molar-refractivity contribution is 8.13. The van der Waals surface area contributed by atoms with Gasteiger partial charge in [0.1, 0.15) is 0 Å². The first-order chi connectivity index (χ1) is 11.9. The van der Waals surface area contributed by atoms with Crippen LogP contribution in [0.3, 0.4) is 0 Å². The molecule has 0 radical (unpaired) electrons. The smallest absolute Gasteiger partial charge is 0.216 e. The van der Waals surface area contributed by atoms with Crippen molar-refractivity contribution in [2.24, 2.45) is 0 Å². The maximum Gasteiger partial charge on any atom is 0.216 e. The molecule has 2 aromatic rings. The van der Waals surface area contributed by atoms with Crippen molar-refractivity contribution in [3.05, 3.63) is 29.5 Å². The Balaban J connectivity index is 2.36. The number of hydrogen-bond donors (Lipinski definition) is 2. The lowest BCUT2D eigenvalue weighted by atomic mass is 10.1. The summed E-state index contributed by atoms with van der Waals surface area (Å²) in [6, 6.07) is 3.90. The second kappa shape index (κ2) is 9.01. The summed E-state index contributed by atoms with van der Waals surface area (Å²) in [5.74, 6) is -0.0478. The third-order valence-corrected chi connectivity index (χ3v) is 4.73. The Morgan fingerprint density at radius 3 is 2.72 bits per heavy atom. The molecule has 0 aliphatic carbocycles. The molecule has 5 nitrogen and oxygen atoms in total. The summed E-state index contributed by atoms with van der Waals surface area (Å²) in [6.45, 7) is 6.16. The number of carbonyl (C=O) groups is 2. The number of benzene rings is 1. The van der Waals surface area contributed by atoms with E-state index in [2.05, 4.69) is 10.3 Å². The minimum absolute atomic E-state index is 0.00535. The molecule has 0 unspecified atom stereocenters. The van der Waals surface area contributed by atoms with Crippen molar-refractivity contribution in [1.29, 1.82) is 0 Å². The fourth-order valence-corrected chi connectivity index (χ4v) is 3.52. The molecule has 0 aliphatic heterocycles. The van der Waals surface area contributed by atoms with Gasteiger partial charge in [-0.15, -0.1) is 0 Å². The predicted molar refractivity (Wildman–Crippen MR) is 105 cm³/mol. The Hall–Kier alpha value is -1.86. The van der Waals surface area contributed by atoms with Crippen LogP contribution in [-0.2, 0) is 20.7 Å². The van der Waals surface area contributed by atoms with Crippen LogP contribution in [0.25, 0.3) is 10.9 Å². The predicted octanol–water partition coefficient (Wildman–Crippen LogP) is 3.59. The van der Waals surface area contributed by atoms with E-state index in [0.29, 0.717) is 24.6 Å². The van der Waals surface area contributed by atoms with Gasteiger partial charge in [-0.2, -0.15) is 0 Å². The van der Waals surface area contributed by atoms with Crippen LogP contribution in [0.1, 0.15) is 38.3 Å². The molecule has 0 atom stereocenters. The monoisotopic (exact) mass is 378 g/mol. The molecule has 0 bridgehead atoms. The SMILES string of the molecule is CCCOC(=S)c1cc2[nH]cc(CCNC(C)=O)c2cc1SC(C)=O. The van der Waals surface area contributed by atoms with Gasteiger partial charge in [0, 0.05) is 48.0 Å². The van der Waals surface area contributed by atoms with Crippen LogP contribution in [-0.4, -0.2) is 34.2 Å². The zero-order valence-corrected chi connectivity index (χ0v) is 16.2. The second-order valence-electron chi connectivity index (χ2n) is 5.67. The first-order valence-electron chi connectivity index (χ1n) is 8.16. The van der Waals surface area contributed by atoms with Crippen LogP contribution in [0.2, 0.25) is 0 Å². The molecule has 1 heterocycles. The van der Waals surface area contributed by atoms with Crippen molar-refractivity contribution in [2.45, 2.75) is 38.5 Å². The van der Waals surface area contributed by atoms with E-state index in [0.717, 1.165) is 45.1 Å². The van der Waals surface area contributed by atoms with E-state index in [1.807, 2.05) is 25.3 Å². The summed E-state index contributed by atoms with van der Waals surface area (Å²) in [7, 11) is 0. The summed E-state index contributed by atoms with van der Waals surface area (Å²) < 4.78 is 5.59. The Labute approximate surface area is 156 Å². The van der Waals surface area contributed by atoms with Crippen molar-refractivity contribution >= 4 is 51.0 Å². The fraction of sp³-hybridized carbons (Fsp3) is 0.389. The van der Waals surface area contributed by atoms with Gasteiger partial charge < -0.3 is 15.0 Å². The van der Waals surface area contributed by atoms with Gasteiger partial charge in [-0.3, -0.25) is 9.59 Å². The Morgan fingerprint density at radius 2 is 2.08 bits per heavy atom. The first-order valence-corrected chi connectivity index (χ1v) is 9.38. The summed E-state index contributed by atoms with van der Waals surface area (Å²) in [5.41, 5.74) is 2.77. The highest BCUT2D eigenvalue weighted by Crippen LogP contribution is 2.31. The Kier molecular flexibility index (Phi) is 7.01. The highest BCUT2D eigenvalue weighted by atomic mass is 32.2. The molecule has 2 N–H and O–H groups in total. The van der Waals surface area contributed by atoms with Gasteiger partial charge in [0.05, 0.1) is 6.61 Å². The van der Waals surface area contributed by atoms with Gasteiger partial charge in [-0.05, 0) is 42.8 Å². The van der Waals surface area contributed by atoms with Crippen molar-refractivity contribution in [2.75, 3.05) is 13.2 Å². The molecule has 0 fully saturated rings. The van der Waals surface area contributed by atoms with E-state index in [-0.39, 0.29) is 11.0 Å². The van der Waals surface area contributed by atoms with Gasteiger partial charge in [-0.25, -0.2) is 0 Å². The van der Waals surface area contributed by atoms with Crippen molar-refractivity contribution in [3.63, 3.8) is 0 Å². The minimum atomic E-state index is -0.0478. The van der Waals surface area contributed by atoms with Crippen LogP contribution >= 0.6 is 24.0 Å². The summed E-state index contributed by atoms with van der Waals surface area (Å²) in [4.78, 5) is 26.7. The second-order valence-corrected chi connectivity index (χ2v) is 7.26. The molecule has 0 aliphatic rings. The molecule has 7 heteroatoms. The normalized spacial score (nSPS) is 10.7. The van der Waals surface area contributed by atoms with E-state index in [1.54, 1.807) is 0 Å². The van der Waals surface area contributed by atoms with E-state index in [1.165, 1.54) is 13.8 Å². The van der Waals surface area contributed by atoms with Gasteiger partial charge in [0.25, 0.3) is 0 Å². The standard InChI is InChI=1S/C18H22N2O3S2/c1-4-7-23-18(24)15-8-16-14(9-17(15)25-12(3)22)13(10-20-16)5-6-19-11(2)21/h8-10,20H,4-7H2,1-3H3,(H,19,21). The van der Waals surface area contributed by atoms with Crippen LogP contribution in [0.15, 0.2) is 23.2 Å². The number of carbonyl (C=O) groups excluding carboxylic acids is 2. The summed E-state index contributed by atoms with van der Waals surface area (Å²) in [5, 5.41) is 4.22. The molecular weight excluding hydrogens is 356 g/mol. The third-order valence-electron chi connectivity index (χ3n) is 3.55. The number of thioether (sulfide) groups is 1. The largest absolute Gasteiger partial charge is 0.483 e. The molecule has 25 heavy (non-hydrogen) atoms. The third kappa shape index (κ3) is 5.31. The van der Waals surface area contributed by atoms with Gasteiger partial charge in [0.15, 0.2) is 10.2 Å². The number of aromatic amines is 1. The average molecular weight is 379 g/mol. The number of amides is 1. The Morgan fingerprint density at radius 1 is 1.32 bits per heavy atom. The number of nitrogens with one attached hydrogen (secondary N) is 2. The van der Waals surface area contributed by atoms with Crippen molar-refractivity contribution in [3.8, 4) is 0 Å². The fourth-order valence-electron chi connectivity index (χ4n) is 2.46. The maximum atomic E-state index is 11.6. The van der Waals surface area contributed by atoms with Gasteiger partial charge >= 0.3 is 0 Å². The zero-order valence-electron chi connectivity index (χ0n) is 14.6. The highest BCUT2D eigenvalue weighted by Gasteiger charge is 2.15. The van der Waals surface area contributed by atoms with Crippen LogP contribution in [0.4, 0.5) is 0 Å². The number of ether oxygens (including phenoxy) is 1. The van der Waals surface area contributed by atoms with Crippen molar-refractivity contribution in [1.82, 2.24) is 10.3 Å². The van der Waals surface area contributed by atoms with E-state index in [9.17, 15) is 9.59 Å². The first kappa shape index (κ1) is 19.5. The average Bonchev–Trinajstić information content (AvgIpc) is 2.93. The number of hydrogen-bond acceptors (Lipinski definition) is 5. The van der Waals surface area contributed by atoms with Crippen LogP contribution in [0.5, 0.6) is 0 Å². The van der Waals surface area contributed by atoms with E-state index >= 15 is 0 Å². The molecule has 0 saturated heterocycles.